The van der Waals surface area contributed by atoms with E-state index in [4.69, 9.17) is 4.74 Å². The minimum Gasteiger partial charge on any atom is -0.393 e. The molecule has 18 heavy (non-hydrogen) atoms. The topological polar surface area (TPSA) is 70.6 Å². The first-order valence-corrected chi connectivity index (χ1v) is 6.92. The van der Waals surface area contributed by atoms with Crippen LogP contribution in [0.4, 0.5) is 4.79 Å². The van der Waals surface area contributed by atoms with Gasteiger partial charge in [-0.05, 0) is 46.0 Å². The second-order valence-corrected chi connectivity index (χ2v) is 5.18. The molecule has 2 amide bonds. The highest BCUT2D eigenvalue weighted by Gasteiger charge is 2.20. The fourth-order valence-corrected chi connectivity index (χ4v) is 2.05. The van der Waals surface area contributed by atoms with Crippen LogP contribution in [0.1, 0.15) is 46.0 Å². The molecule has 0 heterocycles. The van der Waals surface area contributed by atoms with Crippen LogP contribution < -0.4 is 10.6 Å². The Hall–Kier alpha value is -0.810. The average Bonchev–Trinajstić information content (AvgIpc) is 2.31. The fourth-order valence-electron chi connectivity index (χ4n) is 2.05. The maximum atomic E-state index is 11.6. The van der Waals surface area contributed by atoms with Crippen LogP contribution >= 0.6 is 0 Å². The number of hydrogen-bond donors (Lipinski definition) is 3. The van der Waals surface area contributed by atoms with Gasteiger partial charge in [0.1, 0.15) is 0 Å². The van der Waals surface area contributed by atoms with E-state index in [0.717, 1.165) is 32.1 Å². The minimum absolute atomic E-state index is 0.110. The summed E-state index contributed by atoms with van der Waals surface area (Å²) in [5.74, 6) is 0. The molecule has 0 aromatic heterocycles. The Morgan fingerprint density at radius 1 is 1.33 bits per heavy atom. The Kier molecular flexibility index (Phi) is 7.05. The second-order valence-electron chi connectivity index (χ2n) is 5.18. The molecule has 0 aromatic carbocycles. The van der Waals surface area contributed by atoms with Gasteiger partial charge in [0, 0.05) is 19.2 Å². The second kappa shape index (κ2) is 8.32. The molecule has 106 valence electrons. The first-order valence-electron chi connectivity index (χ1n) is 6.92. The van der Waals surface area contributed by atoms with Crippen LogP contribution in [0.5, 0.6) is 0 Å². The summed E-state index contributed by atoms with van der Waals surface area (Å²) in [4.78, 5) is 11.6. The SMILES string of the molecule is CC(C)OCCCNC(=O)NC1CCC(O)CC1. The lowest BCUT2D eigenvalue weighted by Gasteiger charge is -2.26. The predicted molar refractivity (Wildman–Crippen MR) is 70.5 cm³/mol. The Morgan fingerprint density at radius 2 is 2.00 bits per heavy atom. The van der Waals surface area contributed by atoms with E-state index < -0.39 is 0 Å². The summed E-state index contributed by atoms with van der Waals surface area (Å²) in [7, 11) is 0. The zero-order chi connectivity index (χ0) is 13.4. The van der Waals surface area contributed by atoms with E-state index >= 15 is 0 Å². The van der Waals surface area contributed by atoms with Gasteiger partial charge < -0.3 is 20.5 Å². The molecule has 0 radical (unpaired) electrons. The summed E-state index contributed by atoms with van der Waals surface area (Å²) in [6, 6.07) is 0.0984. The molecule has 0 spiro atoms. The smallest absolute Gasteiger partial charge is 0.315 e. The van der Waals surface area contributed by atoms with E-state index in [1.54, 1.807) is 0 Å². The minimum atomic E-state index is -0.181. The lowest BCUT2D eigenvalue weighted by atomic mass is 9.93. The van der Waals surface area contributed by atoms with Crippen LogP contribution in [0.25, 0.3) is 0 Å². The lowest BCUT2D eigenvalue weighted by Crippen LogP contribution is -2.44. The van der Waals surface area contributed by atoms with Crippen molar-refractivity contribution in [3.63, 3.8) is 0 Å². The van der Waals surface area contributed by atoms with E-state index in [1.165, 1.54) is 0 Å². The fraction of sp³-hybridized carbons (Fsp3) is 0.923. The van der Waals surface area contributed by atoms with Crippen molar-refractivity contribution < 1.29 is 14.6 Å². The molecule has 5 nitrogen and oxygen atoms in total. The molecule has 0 bridgehead atoms. The first-order chi connectivity index (χ1) is 8.58. The van der Waals surface area contributed by atoms with Gasteiger partial charge in [0.2, 0.25) is 0 Å². The first kappa shape index (κ1) is 15.2. The van der Waals surface area contributed by atoms with Gasteiger partial charge in [-0.1, -0.05) is 0 Å². The maximum Gasteiger partial charge on any atom is 0.315 e. The van der Waals surface area contributed by atoms with Crippen molar-refractivity contribution >= 4 is 6.03 Å². The summed E-state index contributed by atoms with van der Waals surface area (Å²) >= 11 is 0. The van der Waals surface area contributed by atoms with Crippen molar-refractivity contribution in [1.29, 1.82) is 0 Å². The van der Waals surface area contributed by atoms with Crippen LogP contribution in [0, 0.1) is 0 Å². The van der Waals surface area contributed by atoms with Crippen molar-refractivity contribution in [2.45, 2.75) is 64.2 Å². The number of amides is 2. The summed E-state index contributed by atoms with van der Waals surface area (Å²) in [6.45, 7) is 5.30. The van der Waals surface area contributed by atoms with E-state index in [1.807, 2.05) is 13.8 Å². The van der Waals surface area contributed by atoms with Gasteiger partial charge in [-0.25, -0.2) is 4.79 Å². The Balaban J connectivity index is 2.00. The van der Waals surface area contributed by atoms with E-state index in [9.17, 15) is 9.90 Å². The van der Waals surface area contributed by atoms with Crippen molar-refractivity contribution in [2.75, 3.05) is 13.2 Å². The van der Waals surface area contributed by atoms with Crippen molar-refractivity contribution in [3.05, 3.63) is 0 Å². The normalized spacial score (nSPS) is 24.0. The monoisotopic (exact) mass is 258 g/mol. The van der Waals surface area contributed by atoms with Crippen LogP contribution in [0.3, 0.4) is 0 Å². The molecular weight excluding hydrogens is 232 g/mol. The van der Waals surface area contributed by atoms with Crippen molar-refractivity contribution in [3.8, 4) is 0 Å². The quantitative estimate of drug-likeness (QED) is 0.631. The molecule has 1 rings (SSSR count). The molecule has 0 atom stereocenters. The Bertz CT molecular complexity index is 238. The standard InChI is InChI=1S/C13H26N2O3/c1-10(2)18-9-3-8-14-13(17)15-11-4-6-12(16)7-5-11/h10-12,16H,3-9H2,1-2H3,(H2,14,15,17). The largest absolute Gasteiger partial charge is 0.393 e. The molecule has 1 aliphatic rings. The van der Waals surface area contributed by atoms with E-state index in [0.29, 0.717) is 13.2 Å². The van der Waals surface area contributed by atoms with Gasteiger partial charge in [-0.15, -0.1) is 0 Å². The third-order valence-electron chi connectivity index (χ3n) is 3.09. The molecule has 0 saturated heterocycles. The van der Waals surface area contributed by atoms with Crippen molar-refractivity contribution in [1.82, 2.24) is 10.6 Å². The molecule has 0 unspecified atom stereocenters. The predicted octanol–water partition coefficient (Wildman–Crippen LogP) is 1.40. The third-order valence-corrected chi connectivity index (χ3v) is 3.09. The van der Waals surface area contributed by atoms with E-state index in [-0.39, 0.29) is 24.3 Å². The highest BCUT2D eigenvalue weighted by molar-refractivity contribution is 5.74. The summed E-state index contributed by atoms with van der Waals surface area (Å²) in [5.41, 5.74) is 0. The molecule has 5 heteroatoms. The Labute approximate surface area is 109 Å². The van der Waals surface area contributed by atoms with Crippen LogP contribution in [-0.4, -0.2) is 42.5 Å². The molecule has 0 aliphatic heterocycles. The highest BCUT2D eigenvalue weighted by atomic mass is 16.5. The van der Waals surface area contributed by atoms with Gasteiger partial charge in [0.15, 0.2) is 0 Å². The summed E-state index contributed by atoms with van der Waals surface area (Å²) in [6.07, 6.45) is 4.19. The van der Waals surface area contributed by atoms with Gasteiger partial charge in [-0.3, -0.25) is 0 Å². The van der Waals surface area contributed by atoms with Crippen LogP contribution in [0.15, 0.2) is 0 Å². The number of carbonyl (C=O) groups excluding carboxylic acids is 1. The number of hydrogen-bond acceptors (Lipinski definition) is 3. The van der Waals surface area contributed by atoms with Gasteiger partial charge in [0.05, 0.1) is 12.2 Å². The molecular formula is C13H26N2O3. The zero-order valence-electron chi connectivity index (χ0n) is 11.4. The van der Waals surface area contributed by atoms with Crippen molar-refractivity contribution in [2.24, 2.45) is 0 Å². The van der Waals surface area contributed by atoms with Gasteiger partial charge in [0.25, 0.3) is 0 Å². The highest BCUT2D eigenvalue weighted by Crippen LogP contribution is 2.17. The number of nitrogens with one attached hydrogen (secondary N) is 2. The van der Waals surface area contributed by atoms with Gasteiger partial charge in [-0.2, -0.15) is 0 Å². The Morgan fingerprint density at radius 3 is 2.61 bits per heavy atom. The number of ether oxygens (including phenoxy) is 1. The molecule has 1 aliphatic carbocycles. The zero-order valence-corrected chi connectivity index (χ0v) is 11.4. The van der Waals surface area contributed by atoms with Crippen LogP contribution in [0.2, 0.25) is 0 Å². The number of rotatable bonds is 6. The molecule has 0 aromatic rings. The van der Waals surface area contributed by atoms with E-state index in [2.05, 4.69) is 10.6 Å². The third kappa shape index (κ3) is 6.81. The lowest BCUT2D eigenvalue weighted by molar-refractivity contribution is 0.0773. The summed E-state index contributed by atoms with van der Waals surface area (Å²) < 4.78 is 5.39. The van der Waals surface area contributed by atoms with Crippen LogP contribution in [-0.2, 0) is 4.74 Å². The number of aliphatic hydroxyl groups excluding tert-OH is 1. The molecule has 1 saturated carbocycles. The number of carbonyl (C=O) groups is 1. The number of urea groups is 1. The average molecular weight is 258 g/mol. The van der Waals surface area contributed by atoms with Gasteiger partial charge >= 0.3 is 6.03 Å². The maximum absolute atomic E-state index is 11.6. The summed E-state index contributed by atoms with van der Waals surface area (Å²) in [5, 5.41) is 15.1. The molecule has 3 N–H and O–H groups in total. The number of aliphatic hydroxyl groups is 1. The molecule has 1 fully saturated rings.